The van der Waals surface area contributed by atoms with Gasteiger partial charge in [-0.15, -0.1) is 0 Å². The van der Waals surface area contributed by atoms with Gasteiger partial charge in [0, 0.05) is 13.3 Å². The number of rotatable bonds is 6. The summed E-state index contributed by atoms with van der Waals surface area (Å²) in [5, 5.41) is 2.27. The lowest BCUT2D eigenvalue weighted by Crippen LogP contribution is -2.47. The van der Waals surface area contributed by atoms with Gasteiger partial charge in [-0.1, -0.05) is 0 Å². The molecule has 0 saturated carbocycles. The molecule has 0 aromatic carbocycles. The van der Waals surface area contributed by atoms with Crippen LogP contribution in [0.15, 0.2) is 0 Å². The molecule has 0 rings (SSSR count). The topological polar surface area (TPSA) is 117 Å². The van der Waals surface area contributed by atoms with Crippen molar-refractivity contribution in [3.05, 3.63) is 0 Å². The zero-order valence-electron chi connectivity index (χ0n) is 14.1. The minimum atomic E-state index is -1.36. The molecule has 0 unspecified atom stereocenters. The Morgan fingerprint density at radius 1 is 1.00 bits per heavy atom. The first-order chi connectivity index (χ1) is 10.5. The first kappa shape index (κ1) is 20.7. The number of methoxy groups -OCH3 is 2. The Balaban J connectivity index is 5.07. The van der Waals surface area contributed by atoms with Crippen LogP contribution >= 0.6 is 0 Å². The molecule has 0 heterocycles. The fourth-order valence-corrected chi connectivity index (χ4v) is 1.54. The molecule has 23 heavy (non-hydrogen) atoms. The van der Waals surface area contributed by atoms with Crippen molar-refractivity contribution in [2.75, 3.05) is 14.2 Å². The Morgan fingerprint density at radius 3 is 1.91 bits per heavy atom. The second kappa shape index (κ2) is 8.96. The second-order valence-electron chi connectivity index (χ2n) is 5.58. The Bertz CT molecular complexity index is 454. The summed E-state index contributed by atoms with van der Waals surface area (Å²) in [6.07, 6.45) is -2.59. The fraction of sp³-hybridized carbons (Fsp3) is 0.714. The van der Waals surface area contributed by atoms with Crippen LogP contribution in [0, 0.1) is 0 Å². The molecule has 9 heteroatoms. The van der Waals surface area contributed by atoms with Crippen LogP contribution in [-0.4, -0.2) is 56.0 Å². The summed E-state index contributed by atoms with van der Waals surface area (Å²) in [7, 11) is 2.22. The van der Waals surface area contributed by atoms with E-state index in [4.69, 9.17) is 9.47 Å². The Labute approximate surface area is 134 Å². The molecule has 2 atom stereocenters. The van der Waals surface area contributed by atoms with E-state index in [1.165, 1.54) is 0 Å². The number of amides is 1. The molecule has 132 valence electrons. The molecule has 0 aliphatic rings. The highest BCUT2D eigenvalue weighted by molar-refractivity contribution is 5.84. The first-order valence-electron chi connectivity index (χ1n) is 6.82. The van der Waals surface area contributed by atoms with E-state index in [0.717, 1.165) is 21.1 Å². The summed E-state index contributed by atoms with van der Waals surface area (Å²) in [5.74, 6) is -2.42. The Hall–Kier alpha value is -2.32. The summed E-state index contributed by atoms with van der Waals surface area (Å²) < 4.78 is 18.9. The van der Waals surface area contributed by atoms with Gasteiger partial charge in [-0.05, 0) is 20.8 Å². The third-order valence-electron chi connectivity index (χ3n) is 2.40. The summed E-state index contributed by atoms with van der Waals surface area (Å²) >= 11 is 0. The van der Waals surface area contributed by atoms with Crippen LogP contribution < -0.4 is 5.32 Å². The number of nitrogens with one attached hydrogen (secondary N) is 1. The van der Waals surface area contributed by atoms with Crippen molar-refractivity contribution >= 4 is 24.0 Å². The minimum Gasteiger partial charge on any atom is -0.467 e. The van der Waals surface area contributed by atoms with Crippen molar-refractivity contribution in [2.45, 2.75) is 51.9 Å². The number of ether oxygens (including phenoxy) is 4. The molecule has 0 radical (unpaired) electrons. The van der Waals surface area contributed by atoms with E-state index in [1.54, 1.807) is 20.8 Å². The second-order valence-corrected chi connectivity index (χ2v) is 5.58. The Kier molecular flexibility index (Phi) is 8.06. The van der Waals surface area contributed by atoms with E-state index in [0.29, 0.717) is 0 Å². The highest BCUT2D eigenvalue weighted by Gasteiger charge is 2.33. The largest absolute Gasteiger partial charge is 0.467 e. The average molecular weight is 333 g/mol. The predicted octanol–water partition coefficient (Wildman–Crippen LogP) is 0.547. The van der Waals surface area contributed by atoms with Crippen molar-refractivity contribution in [1.82, 2.24) is 5.32 Å². The molecule has 0 bridgehead atoms. The molecule has 1 amide bonds. The van der Waals surface area contributed by atoms with E-state index in [-0.39, 0.29) is 6.42 Å². The molecular weight excluding hydrogens is 310 g/mol. The molecule has 9 nitrogen and oxygen atoms in total. The Morgan fingerprint density at radius 2 is 1.52 bits per heavy atom. The van der Waals surface area contributed by atoms with Gasteiger partial charge in [0.05, 0.1) is 14.2 Å². The van der Waals surface area contributed by atoms with Gasteiger partial charge in [0.15, 0.2) is 0 Å². The number of esters is 3. The van der Waals surface area contributed by atoms with Crippen molar-refractivity contribution in [3.8, 4) is 0 Å². The molecule has 0 fully saturated rings. The van der Waals surface area contributed by atoms with Crippen LogP contribution in [0.2, 0.25) is 0 Å². The van der Waals surface area contributed by atoms with Gasteiger partial charge in [-0.25, -0.2) is 14.4 Å². The van der Waals surface area contributed by atoms with Crippen molar-refractivity contribution in [2.24, 2.45) is 0 Å². The smallest absolute Gasteiger partial charge is 0.408 e. The average Bonchev–Trinajstić information content (AvgIpc) is 2.41. The molecule has 0 aliphatic carbocycles. The van der Waals surface area contributed by atoms with Gasteiger partial charge in [-0.2, -0.15) is 0 Å². The fourth-order valence-electron chi connectivity index (χ4n) is 1.54. The van der Waals surface area contributed by atoms with E-state index in [2.05, 4.69) is 14.8 Å². The molecule has 0 aliphatic heterocycles. The predicted molar refractivity (Wildman–Crippen MR) is 77.4 cm³/mol. The van der Waals surface area contributed by atoms with E-state index in [9.17, 15) is 19.2 Å². The van der Waals surface area contributed by atoms with Crippen LogP contribution in [0.1, 0.15) is 34.1 Å². The minimum absolute atomic E-state index is 0.349. The van der Waals surface area contributed by atoms with Gasteiger partial charge in [0.1, 0.15) is 11.6 Å². The maximum Gasteiger partial charge on any atom is 0.408 e. The lowest BCUT2D eigenvalue weighted by atomic mass is 10.1. The molecule has 1 N–H and O–H groups in total. The van der Waals surface area contributed by atoms with Gasteiger partial charge in [0.2, 0.25) is 6.10 Å². The third kappa shape index (κ3) is 8.64. The quantitative estimate of drug-likeness (QED) is 0.553. The highest BCUT2D eigenvalue weighted by Crippen LogP contribution is 2.11. The zero-order valence-corrected chi connectivity index (χ0v) is 14.1. The van der Waals surface area contributed by atoms with Crippen LogP contribution in [0.3, 0.4) is 0 Å². The molecule has 0 spiro atoms. The van der Waals surface area contributed by atoms with Crippen molar-refractivity contribution < 1.29 is 38.1 Å². The number of alkyl carbamates (subject to hydrolysis) is 1. The van der Waals surface area contributed by atoms with Crippen molar-refractivity contribution in [1.29, 1.82) is 0 Å². The van der Waals surface area contributed by atoms with Crippen LogP contribution in [0.4, 0.5) is 4.79 Å². The van der Waals surface area contributed by atoms with Crippen molar-refractivity contribution in [3.63, 3.8) is 0 Å². The van der Waals surface area contributed by atoms with Crippen LogP contribution in [0.5, 0.6) is 0 Å². The number of hydrogen-bond donors (Lipinski definition) is 1. The van der Waals surface area contributed by atoms with Gasteiger partial charge < -0.3 is 24.3 Å². The number of carbonyl (C=O) groups excluding carboxylic acids is 4. The maximum absolute atomic E-state index is 11.8. The van der Waals surface area contributed by atoms with E-state index >= 15 is 0 Å². The first-order valence-corrected chi connectivity index (χ1v) is 6.82. The summed E-state index contributed by atoms with van der Waals surface area (Å²) in [5.41, 5.74) is -0.775. The number of hydrogen-bond acceptors (Lipinski definition) is 8. The monoisotopic (exact) mass is 333 g/mol. The molecule has 0 aromatic rings. The molecular formula is C14H23NO8. The summed E-state index contributed by atoms with van der Waals surface area (Å²) in [6.45, 7) is 6.05. The van der Waals surface area contributed by atoms with E-state index < -0.39 is 41.7 Å². The standard InChI is InChI=1S/C14H23NO8/c1-8(16)22-10(12(18)21-6)7-9(11(17)20-5)15-13(19)23-14(2,3)4/h9-10H,7H2,1-6H3,(H,15,19)/t9-,10+/m0/s1. The lowest BCUT2D eigenvalue weighted by Gasteiger charge is -2.24. The molecule has 0 saturated heterocycles. The maximum atomic E-state index is 11.8. The number of carbonyl (C=O) groups is 4. The molecule has 0 aromatic heterocycles. The van der Waals surface area contributed by atoms with Gasteiger partial charge in [0.25, 0.3) is 0 Å². The van der Waals surface area contributed by atoms with Crippen LogP contribution in [-0.2, 0) is 33.3 Å². The third-order valence-corrected chi connectivity index (χ3v) is 2.40. The SMILES string of the molecule is COC(=O)[C@H](C[C@@H](OC(C)=O)C(=O)OC)NC(=O)OC(C)(C)C. The highest BCUT2D eigenvalue weighted by atomic mass is 16.6. The normalized spacial score (nSPS) is 13.3. The lowest BCUT2D eigenvalue weighted by molar-refractivity contribution is -0.166. The van der Waals surface area contributed by atoms with Gasteiger partial charge >= 0.3 is 24.0 Å². The summed E-state index contributed by atoms with van der Waals surface area (Å²) in [6, 6.07) is -1.25. The zero-order chi connectivity index (χ0) is 18.2. The van der Waals surface area contributed by atoms with Crippen LogP contribution in [0.25, 0.3) is 0 Å². The summed E-state index contributed by atoms with van der Waals surface area (Å²) in [4.78, 5) is 46.2. The van der Waals surface area contributed by atoms with Gasteiger partial charge in [-0.3, -0.25) is 4.79 Å². The van der Waals surface area contributed by atoms with E-state index in [1.807, 2.05) is 0 Å².